The maximum absolute atomic E-state index is 13.1. The van der Waals surface area contributed by atoms with Crippen molar-refractivity contribution in [3.8, 4) is 0 Å². The number of hydrogen-bond donors (Lipinski definition) is 1. The van der Waals surface area contributed by atoms with Gasteiger partial charge in [-0.15, -0.1) is 0 Å². The Balaban J connectivity index is 0.895. The van der Waals surface area contributed by atoms with Crippen molar-refractivity contribution in [2.75, 3.05) is 50.4 Å². The summed E-state index contributed by atoms with van der Waals surface area (Å²) >= 11 is 6.07. The Bertz CT molecular complexity index is 1340. The minimum atomic E-state index is -3.37. The number of rotatable bonds is 4. The van der Waals surface area contributed by atoms with Crippen molar-refractivity contribution < 1.29 is 13.2 Å². The molecular weight excluding hydrogens is 512 g/mol. The number of nitrogens with zero attached hydrogens (tertiary/aromatic N) is 5. The monoisotopic (exact) mass is 544 g/mol. The maximum atomic E-state index is 13.1. The average Bonchev–Trinajstić information content (AvgIpc) is 3.53. The van der Waals surface area contributed by atoms with Crippen LogP contribution in [-0.2, 0) is 9.84 Å². The molecule has 0 unspecified atom stereocenters. The summed E-state index contributed by atoms with van der Waals surface area (Å²) in [6, 6.07) is 5.28. The Kier molecular flexibility index (Phi) is 5.19. The van der Waals surface area contributed by atoms with Gasteiger partial charge in [-0.05, 0) is 56.7 Å². The third kappa shape index (κ3) is 4.11. The van der Waals surface area contributed by atoms with E-state index in [9.17, 15) is 13.2 Å². The van der Waals surface area contributed by atoms with Crippen molar-refractivity contribution in [2.24, 2.45) is 10.8 Å². The van der Waals surface area contributed by atoms with Crippen LogP contribution in [0.2, 0.25) is 5.02 Å². The van der Waals surface area contributed by atoms with E-state index in [1.165, 1.54) is 19.1 Å². The molecule has 2 aromatic rings. The highest BCUT2D eigenvalue weighted by Crippen LogP contribution is 2.56. The highest BCUT2D eigenvalue weighted by molar-refractivity contribution is 7.90. The Labute approximate surface area is 222 Å². The van der Waals surface area contributed by atoms with Gasteiger partial charge in [0, 0.05) is 73.2 Å². The zero-order chi connectivity index (χ0) is 25.6. The van der Waals surface area contributed by atoms with E-state index in [1.54, 1.807) is 12.1 Å². The summed E-state index contributed by atoms with van der Waals surface area (Å²) in [6.07, 6.45) is 7.75. The summed E-state index contributed by atoms with van der Waals surface area (Å²) in [5.41, 5.74) is 1.15. The van der Waals surface area contributed by atoms with Crippen LogP contribution in [0.25, 0.3) is 0 Å². The number of hydrogen-bond acceptors (Lipinski definition) is 6. The Morgan fingerprint density at radius 2 is 1.68 bits per heavy atom. The molecule has 11 heteroatoms. The molecule has 2 amide bonds. The molecule has 2 saturated carbocycles. The number of benzene rings is 1. The number of carbonyl (C=O) groups is 1. The van der Waals surface area contributed by atoms with E-state index in [2.05, 4.69) is 15.1 Å². The molecule has 37 heavy (non-hydrogen) atoms. The van der Waals surface area contributed by atoms with E-state index in [1.807, 2.05) is 15.9 Å². The molecule has 0 bridgehead atoms. The molecule has 4 heterocycles. The van der Waals surface area contributed by atoms with Crippen LogP contribution in [0.1, 0.15) is 62.0 Å². The van der Waals surface area contributed by atoms with Gasteiger partial charge < -0.3 is 14.7 Å². The minimum Gasteiger partial charge on any atom is -0.370 e. The SMILES string of the molecule is CS(=O)(=O)c1cc(Cl)ccc1N1CCC2(CC1)CN(C(=O)N1CC3(CC(c4n[nH]c(C5CC5)n4)C3)C1)C2. The molecule has 2 spiro atoms. The second kappa shape index (κ2) is 8.09. The number of nitrogens with one attached hydrogen (secondary N) is 1. The number of H-pyrrole nitrogens is 1. The number of aromatic amines is 1. The van der Waals surface area contributed by atoms with Crippen LogP contribution >= 0.6 is 11.6 Å². The lowest BCUT2D eigenvalue weighted by atomic mass is 9.57. The second-order valence-electron chi connectivity index (χ2n) is 12.3. The summed E-state index contributed by atoms with van der Waals surface area (Å²) in [6.45, 7) is 4.86. The fourth-order valence-electron chi connectivity index (χ4n) is 7.02. The van der Waals surface area contributed by atoms with Crippen LogP contribution < -0.4 is 4.90 Å². The first-order valence-corrected chi connectivity index (χ1v) is 15.6. The first-order valence-electron chi connectivity index (χ1n) is 13.3. The van der Waals surface area contributed by atoms with E-state index < -0.39 is 9.84 Å². The van der Waals surface area contributed by atoms with Crippen LogP contribution in [0.15, 0.2) is 23.1 Å². The highest BCUT2D eigenvalue weighted by atomic mass is 35.5. The molecule has 3 saturated heterocycles. The molecule has 1 aromatic heterocycles. The van der Waals surface area contributed by atoms with Crippen molar-refractivity contribution in [1.29, 1.82) is 0 Å². The van der Waals surface area contributed by atoms with Gasteiger partial charge >= 0.3 is 6.03 Å². The Morgan fingerprint density at radius 3 is 2.30 bits per heavy atom. The lowest BCUT2D eigenvalue weighted by Gasteiger charge is -2.61. The van der Waals surface area contributed by atoms with E-state index in [0.717, 1.165) is 82.3 Å². The number of carbonyl (C=O) groups excluding carboxylic acids is 1. The third-order valence-corrected chi connectivity index (χ3v) is 10.7. The van der Waals surface area contributed by atoms with Gasteiger partial charge in [-0.25, -0.2) is 18.2 Å². The maximum Gasteiger partial charge on any atom is 0.320 e. The molecule has 9 nitrogen and oxygen atoms in total. The molecule has 7 rings (SSSR count). The quantitative estimate of drug-likeness (QED) is 0.630. The van der Waals surface area contributed by atoms with Gasteiger partial charge in [-0.2, -0.15) is 5.10 Å². The number of urea groups is 1. The first kappa shape index (κ1) is 23.8. The van der Waals surface area contributed by atoms with Gasteiger partial charge in [-0.3, -0.25) is 5.10 Å². The van der Waals surface area contributed by atoms with E-state index in [0.29, 0.717) is 16.9 Å². The summed E-state index contributed by atoms with van der Waals surface area (Å²) in [5.74, 6) is 3.06. The normalized spacial score (nSPS) is 24.6. The second-order valence-corrected chi connectivity index (χ2v) is 14.7. The van der Waals surface area contributed by atoms with Gasteiger partial charge in [0.25, 0.3) is 0 Å². The van der Waals surface area contributed by atoms with Crippen LogP contribution in [0.3, 0.4) is 0 Å². The lowest BCUT2D eigenvalue weighted by molar-refractivity contribution is -0.0738. The molecule has 0 atom stereocenters. The Morgan fingerprint density at radius 1 is 1.03 bits per heavy atom. The van der Waals surface area contributed by atoms with E-state index >= 15 is 0 Å². The number of piperidine rings is 1. The van der Waals surface area contributed by atoms with Crippen molar-refractivity contribution in [1.82, 2.24) is 25.0 Å². The first-order chi connectivity index (χ1) is 17.6. The Hall–Kier alpha value is -2.33. The van der Waals surface area contributed by atoms with Crippen molar-refractivity contribution in [3.63, 3.8) is 0 Å². The number of aromatic nitrogens is 3. The molecule has 5 aliphatic rings. The van der Waals surface area contributed by atoms with Gasteiger partial charge in [0.15, 0.2) is 15.7 Å². The number of likely N-dealkylation sites (tertiary alicyclic amines) is 2. The minimum absolute atomic E-state index is 0.152. The zero-order valence-electron chi connectivity index (χ0n) is 21.1. The molecule has 0 radical (unpaired) electrons. The average molecular weight is 545 g/mol. The van der Waals surface area contributed by atoms with Gasteiger partial charge in [0.1, 0.15) is 5.82 Å². The summed E-state index contributed by atoms with van der Waals surface area (Å²) in [4.78, 5) is 24.3. The fourth-order valence-corrected chi connectivity index (χ4v) is 8.17. The predicted molar refractivity (Wildman–Crippen MR) is 140 cm³/mol. The number of halogens is 1. The van der Waals surface area contributed by atoms with E-state index in [-0.39, 0.29) is 21.8 Å². The largest absolute Gasteiger partial charge is 0.370 e. The van der Waals surface area contributed by atoms with Crippen molar-refractivity contribution >= 4 is 33.2 Å². The number of anilines is 1. The smallest absolute Gasteiger partial charge is 0.320 e. The van der Waals surface area contributed by atoms with Crippen LogP contribution in [0, 0.1) is 10.8 Å². The summed E-state index contributed by atoms with van der Waals surface area (Å²) in [7, 11) is -3.37. The third-order valence-electron chi connectivity index (χ3n) is 9.34. The van der Waals surface area contributed by atoms with Crippen LogP contribution in [-0.4, -0.2) is 85.0 Å². The van der Waals surface area contributed by atoms with Crippen molar-refractivity contribution in [2.45, 2.75) is 55.3 Å². The van der Waals surface area contributed by atoms with Crippen LogP contribution in [0.5, 0.6) is 0 Å². The highest BCUT2D eigenvalue weighted by Gasteiger charge is 2.57. The molecule has 1 aromatic carbocycles. The van der Waals surface area contributed by atoms with Gasteiger partial charge in [0.2, 0.25) is 0 Å². The summed E-state index contributed by atoms with van der Waals surface area (Å²) < 4.78 is 24.6. The van der Waals surface area contributed by atoms with Crippen molar-refractivity contribution in [3.05, 3.63) is 34.9 Å². The molecule has 3 aliphatic heterocycles. The molecule has 2 aliphatic carbocycles. The zero-order valence-corrected chi connectivity index (χ0v) is 22.7. The molecule has 198 valence electrons. The lowest BCUT2D eigenvalue weighted by Crippen LogP contribution is -2.70. The summed E-state index contributed by atoms with van der Waals surface area (Å²) in [5, 5.41) is 8.01. The number of amides is 2. The number of sulfone groups is 1. The fraction of sp³-hybridized carbons (Fsp3) is 0.654. The molecule has 5 fully saturated rings. The topological polar surface area (TPSA) is 103 Å². The predicted octanol–water partition coefficient (Wildman–Crippen LogP) is 3.64. The molecule has 1 N–H and O–H groups in total. The van der Waals surface area contributed by atoms with Gasteiger partial charge in [-0.1, -0.05) is 11.6 Å². The van der Waals surface area contributed by atoms with Gasteiger partial charge in [0.05, 0.1) is 10.6 Å². The molecular formula is C26H33ClN6O3S. The van der Waals surface area contributed by atoms with E-state index in [4.69, 9.17) is 16.6 Å². The van der Waals surface area contributed by atoms with Crippen LogP contribution in [0.4, 0.5) is 10.5 Å². The standard InChI is InChI=1S/C26H33ClN6O3S/c1-37(35,36)21-10-19(27)4-5-20(21)31-8-6-25(7-9-31)13-32(14-25)24(34)33-15-26(16-33)11-18(12-26)23-28-22(29-30-23)17-2-3-17/h4-5,10,17-18H,2-3,6-9,11-16H2,1H3,(H,28,29,30).